The average molecular weight is 340 g/mol. The van der Waals surface area contributed by atoms with E-state index in [1.165, 1.54) is 17.4 Å². The minimum Gasteiger partial charge on any atom is -0.273 e. The molecule has 24 heavy (non-hydrogen) atoms. The predicted octanol–water partition coefficient (Wildman–Crippen LogP) is 3.54. The van der Waals surface area contributed by atoms with Crippen LogP contribution in [0.2, 0.25) is 0 Å². The average Bonchev–Trinajstić information content (AvgIpc) is 3.05. The maximum Gasteiger partial charge on any atom is 0.335 e. The van der Waals surface area contributed by atoms with E-state index in [4.69, 9.17) is 0 Å². The first kappa shape index (κ1) is 16.1. The summed E-state index contributed by atoms with van der Waals surface area (Å²) < 4.78 is 0. The fourth-order valence-electron chi connectivity index (χ4n) is 2.42. The molecule has 0 radical (unpaired) electrons. The van der Waals surface area contributed by atoms with Crippen LogP contribution in [0.4, 0.5) is 10.5 Å². The molecule has 3 rings (SSSR count). The number of rotatable bonds is 3. The molecule has 0 bridgehead atoms. The lowest BCUT2D eigenvalue weighted by molar-refractivity contribution is -0.122. The lowest BCUT2D eigenvalue weighted by Gasteiger charge is -2.26. The van der Waals surface area contributed by atoms with E-state index in [0.717, 1.165) is 15.3 Å². The van der Waals surface area contributed by atoms with Crippen LogP contribution in [0.5, 0.6) is 0 Å². The third kappa shape index (κ3) is 3.00. The molecular weight excluding hydrogens is 324 g/mol. The number of nitrogens with one attached hydrogen (secondary N) is 1. The van der Waals surface area contributed by atoms with Gasteiger partial charge in [-0.05, 0) is 41.1 Å². The molecule has 122 valence electrons. The number of nitrogens with zero attached hydrogens (tertiary/aromatic N) is 1. The van der Waals surface area contributed by atoms with Crippen LogP contribution in [0.25, 0.3) is 6.08 Å². The van der Waals surface area contributed by atoms with Gasteiger partial charge in [0.1, 0.15) is 5.57 Å². The van der Waals surface area contributed by atoms with Crippen LogP contribution in [-0.2, 0) is 9.59 Å². The molecule has 0 atom stereocenters. The smallest absolute Gasteiger partial charge is 0.273 e. The molecule has 2 aromatic rings. The van der Waals surface area contributed by atoms with Crippen molar-refractivity contribution in [3.8, 4) is 0 Å². The topological polar surface area (TPSA) is 66.5 Å². The van der Waals surface area contributed by atoms with Gasteiger partial charge in [-0.25, -0.2) is 9.69 Å². The van der Waals surface area contributed by atoms with Crippen molar-refractivity contribution in [2.75, 3.05) is 4.90 Å². The van der Waals surface area contributed by atoms with E-state index >= 15 is 0 Å². The molecule has 1 aromatic carbocycles. The van der Waals surface area contributed by atoms with E-state index in [-0.39, 0.29) is 5.57 Å². The predicted molar refractivity (Wildman–Crippen MR) is 93.9 cm³/mol. The van der Waals surface area contributed by atoms with Gasteiger partial charge in [-0.1, -0.05) is 32.0 Å². The molecule has 6 heteroatoms. The number of benzene rings is 1. The van der Waals surface area contributed by atoms with Crippen LogP contribution in [-0.4, -0.2) is 17.8 Å². The van der Waals surface area contributed by atoms with E-state index < -0.39 is 17.8 Å². The number of carbonyl (C=O) groups excluding carboxylic acids is 3. The molecule has 4 amide bonds. The summed E-state index contributed by atoms with van der Waals surface area (Å²) in [5, 5.41) is 4.07. The number of anilines is 1. The van der Waals surface area contributed by atoms with Gasteiger partial charge in [0, 0.05) is 4.88 Å². The van der Waals surface area contributed by atoms with Crippen LogP contribution in [0, 0.1) is 0 Å². The first-order valence-corrected chi connectivity index (χ1v) is 8.40. The van der Waals surface area contributed by atoms with Crippen LogP contribution in [0.15, 0.2) is 47.4 Å². The maximum absolute atomic E-state index is 12.7. The SMILES string of the molecule is CC(C)c1ccc(N2C(=O)NC(=O)C(=Cc3cccs3)C2=O)cc1. The van der Waals surface area contributed by atoms with Gasteiger partial charge in [-0.15, -0.1) is 11.3 Å². The zero-order chi connectivity index (χ0) is 17.3. The normalized spacial score (nSPS) is 16.9. The summed E-state index contributed by atoms with van der Waals surface area (Å²) in [6.45, 7) is 4.13. The molecule has 1 N–H and O–H groups in total. The Morgan fingerprint density at radius 2 is 1.79 bits per heavy atom. The molecule has 5 nitrogen and oxygen atoms in total. The van der Waals surface area contributed by atoms with E-state index in [2.05, 4.69) is 19.2 Å². The summed E-state index contributed by atoms with van der Waals surface area (Å²) in [5.41, 5.74) is 1.49. The minimum atomic E-state index is -0.731. The monoisotopic (exact) mass is 340 g/mol. The largest absolute Gasteiger partial charge is 0.335 e. The fourth-order valence-corrected chi connectivity index (χ4v) is 3.07. The van der Waals surface area contributed by atoms with E-state index in [9.17, 15) is 14.4 Å². The van der Waals surface area contributed by atoms with Crippen LogP contribution in [0.1, 0.15) is 30.2 Å². The Kier molecular flexibility index (Phi) is 4.31. The van der Waals surface area contributed by atoms with Gasteiger partial charge in [0.05, 0.1) is 5.69 Å². The lowest BCUT2D eigenvalue weighted by atomic mass is 10.0. The van der Waals surface area contributed by atoms with E-state index in [0.29, 0.717) is 11.6 Å². The van der Waals surface area contributed by atoms with Crippen LogP contribution < -0.4 is 10.2 Å². The van der Waals surface area contributed by atoms with Gasteiger partial charge in [0.15, 0.2) is 0 Å². The van der Waals surface area contributed by atoms with Crippen LogP contribution in [0.3, 0.4) is 0 Å². The van der Waals surface area contributed by atoms with Crippen molar-refractivity contribution in [1.29, 1.82) is 0 Å². The molecule has 1 aromatic heterocycles. The Labute approximate surface area is 143 Å². The van der Waals surface area contributed by atoms with Crippen molar-refractivity contribution >= 4 is 40.9 Å². The molecule has 1 aliphatic rings. The summed E-state index contributed by atoms with van der Waals surface area (Å²) in [7, 11) is 0. The number of imide groups is 2. The molecule has 2 heterocycles. The Morgan fingerprint density at radius 1 is 1.08 bits per heavy atom. The molecule has 0 aliphatic carbocycles. The first-order valence-electron chi connectivity index (χ1n) is 7.52. The Balaban J connectivity index is 1.96. The number of thiophene rings is 1. The van der Waals surface area contributed by atoms with Gasteiger partial charge in [-0.3, -0.25) is 14.9 Å². The van der Waals surface area contributed by atoms with Crippen molar-refractivity contribution in [3.05, 3.63) is 57.8 Å². The zero-order valence-corrected chi connectivity index (χ0v) is 14.1. The number of hydrogen-bond donors (Lipinski definition) is 1. The Morgan fingerprint density at radius 3 is 2.38 bits per heavy atom. The number of carbonyl (C=O) groups is 3. The number of hydrogen-bond acceptors (Lipinski definition) is 4. The quantitative estimate of drug-likeness (QED) is 0.686. The summed E-state index contributed by atoms with van der Waals surface area (Å²) in [4.78, 5) is 38.6. The highest BCUT2D eigenvalue weighted by Gasteiger charge is 2.36. The molecule has 0 saturated carbocycles. The number of barbiturate groups is 1. The van der Waals surface area contributed by atoms with Crippen molar-refractivity contribution in [2.45, 2.75) is 19.8 Å². The third-order valence-electron chi connectivity index (χ3n) is 3.75. The summed E-state index contributed by atoms with van der Waals surface area (Å²) >= 11 is 1.41. The highest BCUT2D eigenvalue weighted by Crippen LogP contribution is 2.25. The molecule has 1 fully saturated rings. The maximum atomic E-state index is 12.7. The fraction of sp³-hybridized carbons (Fsp3) is 0.167. The van der Waals surface area contributed by atoms with Gasteiger partial charge < -0.3 is 0 Å². The van der Waals surface area contributed by atoms with Gasteiger partial charge in [0.2, 0.25) is 0 Å². The van der Waals surface area contributed by atoms with Gasteiger partial charge >= 0.3 is 6.03 Å². The molecular formula is C18H16N2O3S. The Hall–Kier alpha value is -2.73. The number of urea groups is 1. The van der Waals surface area contributed by atoms with Crippen LogP contribution >= 0.6 is 11.3 Å². The summed E-state index contributed by atoms with van der Waals surface area (Å²) in [6, 6.07) is 10.1. The summed E-state index contributed by atoms with van der Waals surface area (Å²) in [5.74, 6) is -0.941. The second kappa shape index (κ2) is 6.41. The van der Waals surface area contributed by atoms with E-state index in [1.54, 1.807) is 18.2 Å². The van der Waals surface area contributed by atoms with E-state index in [1.807, 2.05) is 23.6 Å². The molecule has 1 aliphatic heterocycles. The molecule has 0 unspecified atom stereocenters. The van der Waals surface area contributed by atoms with Crippen molar-refractivity contribution < 1.29 is 14.4 Å². The third-order valence-corrected chi connectivity index (χ3v) is 4.57. The van der Waals surface area contributed by atoms with Gasteiger partial charge in [-0.2, -0.15) is 0 Å². The molecule has 0 spiro atoms. The van der Waals surface area contributed by atoms with Crippen molar-refractivity contribution in [1.82, 2.24) is 5.32 Å². The standard InChI is InChI=1S/C18H16N2O3S/c1-11(2)12-5-7-13(8-6-12)20-17(22)15(16(21)19-18(20)23)10-14-4-3-9-24-14/h3-11H,1-2H3,(H,19,21,23). The Bertz CT molecular complexity index is 820. The molecule has 1 saturated heterocycles. The van der Waals surface area contributed by atoms with Crippen molar-refractivity contribution in [2.24, 2.45) is 0 Å². The highest BCUT2D eigenvalue weighted by molar-refractivity contribution is 7.10. The van der Waals surface area contributed by atoms with Gasteiger partial charge in [0.25, 0.3) is 11.8 Å². The first-order chi connectivity index (χ1) is 11.5. The minimum absolute atomic E-state index is 0.0509. The van der Waals surface area contributed by atoms with Crippen molar-refractivity contribution in [3.63, 3.8) is 0 Å². The second-order valence-electron chi connectivity index (χ2n) is 5.72. The lowest BCUT2D eigenvalue weighted by Crippen LogP contribution is -2.54. The highest BCUT2D eigenvalue weighted by atomic mass is 32.1. The number of amides is 4. The zero-order valence-electron chi connectivity index (χ0n) is 13.3. The second-order valence-corrected chi connectivity index (χ2v) is 6.70. The summed E-state index contributed by atoms with van der Waals surface area (Å²) in [6.07, 6.45) is 1.50.